The molecule has 0 saturated heterocycles. The second kappa shape index (κ2) is 8.76. The third-order valence-corrected chi connectivity index (χ3v) is 5.16. The first-order valence-corrected chi connectivity index (χ1v) is 9.50. The molecule has 1 aliphatic rings. The second-order valence-electron chi connectivity index (χ2n) is 6.13. The minimum absolute atomic E-state index is 0.178. The molecular weight excluding hydrogens is 336 g/mol. The summed E-state index contributed by atoms with van der Waals surface area (Å²) in [7, 11) is 1.65. The molecule has 0 spiro atoms. The maximum atomic E-state index is 11.9. The molecule has 3 rings (SSSR count). The van der Waals surface area contributed by atoms with Crippen LogP contribution in [0, 0.1) is 0 Å². The maximum absolute atomic E-state index is 11.9. The van der Waals surface area contributed by atoms with Crippen LogP contribution >= 0.6 is 11.3 Å². The van der Waals surface area contributed by atoms with E-state index in [0.29, 0.717) is 13.1 Å². The molecule has 0 atom stereocenters. The van der Waals surface area contributed by atoms with Crippen LogP contribution in [0.3, 0.4) is 0 Å². The van der Waals surface area contributed by atoms with Gasteiger partial charge in [0.15, 0.2) is 11.5 Å². The molecular formula is C19H24N2O3S. The van der Waals surface area contributed by atoms with Gasteiger partial charge in [0, 0.05) is 11.4 Å². The standard InChI is InChI=1S/C19H24N2O3S/c1-23-17-9-8-14(11-18(17)24-15-5-2-3-6-15)12-20-19(22)21-13-16-7-4-10-25-16/h4,7-11,15H,2-3,5-6,12-13H2,1H3,(H2,20,21,22). The van der Waals surface area contributed by atoms with Crippen molar-refractivity contribution in [3.05, 3.63) is 46.2 Å². The van der Waals surface area contributed by atoms with Crippen molar-refractivity contribution in [1.29, 1.82) is 0 Å². The molecule has 5 nitrogen and oxygen atoms in total. The van der Waals surface area contributed by atoms with Crippen LogP contribution in [0.5, 0.6) is 11.5 Å². The Morgan fingerprint density at radius 2 is 1.96 bits per heavy atom. The largest absolute Gasteiger partial charge is 0.493 e. The number of ether oxygens (including phenoxy) is 2. The van der Waals surface area contributed by atoms with Crippen LogP contribution in [0.2, 0.25) is 0 Å². The van der Waals surface area contributed by atoms with E-state index in [-0.39, 0.29) is 12.1 Å². The zero-order valence-electron chi connectivity index (χ0n) is 14.4. The number of carbonyl (C=O) groups is 1. The first-order chi connectivity index (χ1) is 12.2. The summed E-state index contributed by atoms with van der Waals surface area (Å²) < 4.78 is 11.5. The van der Waals surface area contributed by atoms with Gasteiger partial charge in [-0.3, -0.25) is 0 Å². The van der Waals surface area contributed by atoms with E-state index in [0.717, 1.165) is 34.8 Å². The van der Waals surface area contributed by atoms with E-state index in [1.54, 1.807) is 18.4 Å². The molecule has 1 aliphatic carbocycles. The fourth-order valence-electron chi connectivity index (χ4n) is 2.93. The van der Waals surface area contributed by atoms with Crippen LogP contribution in [0.1, 0.15) is 36.1 Å². The van der Waals surface area contributed by atoms with E-state index in [4.69, 9.17) is 9.47 Å². The van der Waals surface area contributed by atoms with Gasteiger partial charge in [-0.2, -0.15) is 0 Å². The third-order valence-electron chi connectivity index (χ3n) is 4.28. The number of rotatable bonds is 7. The summed E-state index contributed by atoms with van der Waals surface area (Å²) in [5.41, 5.74) is 0.986. The van der Waals surface area contributed by atoms with Crippen LogP contribution in [-0.2, 0) is 13.1 Å². The first-order valence-electron chi connectivity index (χ1n) is 8.62. The highest BCUT2D eigenvalue weighted by Crippen LogP contribution is 2.32. The van der Waals surface area contributed by atoms with Gasteiger partial charge in [0.25, 0.3) is 0 Å². The van der Waals surface area contributed by atoms with Gasteiger partial charge < -0.3 is 20.1 Å². The normalized spacial score (nSPS) is 14.3. The van der Waals surface area contributed by atoms with Crippen molar-refractivity contribution in [3.8, 4) is 11.5 Å². The second-order valence-corrected chi connectivity index (χ2v) is 7.16. The lowest BCUT2D eigenvalue weighted by Crippen LogP contribution is -2.34. The van der Waals surface area contributed by atoms with E-state index in [2.05, 4.69) is 10.6 Å². The fraction of sp³-hybridized carbons (Fsp3) is 0.421. The minimum atomic E-state index is -0.178. The number of amides is 2. The van der Waals surface area contributed by atoms with Gasteiger partial charge in [-0.25, -0.2) is 4.79 Å². The molecule has 25 heavy (non-hydrogen) atoms. The minimum Gasteiger partial charge on any atom is -0.493 e. The Balaban J connectivity index is 1.53. The molecule has 2 aromatic rings. The Bertz CT molecular complexity index is 682. The van der Waals surface area contributed by atoms with Crippen molar-refractivity contribution < 1.29 is 14.3 Å². The quantitative estimate of drug-likeness (QED) is 0.782. The highest BCUT2D eigenvalue weighted by Gasteiger charge is 2.18. The predicted octanol–water partition coefficient (Wildman–Crippen LogP) is 4.08. The zero-order chi connectivity index (χ0) is 17.5. The van der Waals surface area contributed by atoms with Crippen molar-refractivity contribution in [2.45, 2.75) is 44.9 Å². The molecule has 1 saturated carbocycles. The van der Waals surface area contributed by atoms with Crippen molar-refractivity contribution in [1.82, 2.24) is 10.6 Å². The SMILES string of the molecule is COc1ccc(CNC(=O)NCc2cccs2)cc1OC1CCCC1. The van der Waals surface area contributed by atoms with E-state index in [9.17, 15) is 4.79 Å². The van der Waals surface area contributed by atoms with Gasteiger partial charge in [0.05, 0.1) is 19.8 Å². The van der Waals surface area contributed by atoms with Gasteiger partial charge in [-0.15, -0.1) is 11.3 Å². The Morgan fingerprint density at radius 3 is 2.68 bits per heavy atom. The number of thiophene rings is 1. The summed E-state index contributed by atoms with van der Waals surface area (Å²) in [6.45, 7) is 0.990. The Hall–Kier alpha value is -2.21. The van der Waals surface area contributed by atoms with Crippen molar-refractivity contribution in [3.63, 3.8) is 0 Å². The van der Waals surface area contributed by atoms with Gasteiger partial charge in [0.1, 0.15) is 0 Å². The third kappa shape index (κ3) is 5.13. The van der Waals surface area contributed by atoms with Crippen LogP contribution < -0.4 is 20.1 Å². The van der Waals surface area contributed by atoms with Crippen molar-refractivity contribution >= 4 is 17.4 Å². The molecule has 134 valence electrons. The average molecular weight is 360 g/mol. The molecule has 0 aliphatic heterocycles. The lowest BCUT2D eigenvalue weighted by atomic mass is 10.2. The van der Waals surface area contributed by atoms with Crippen LogP contribution in [0.4, 0.5) is 4.79 Å². The first kappa shape index (κ1) is 17.6. The average Bonchev–Trinajstić information content (AvgIpc) is 3.32. The molecule has 2 N–H and O–H groups in total. The topological polar surface area (TPSA) is 59.6 Å². The number of urea groups is 1. The fourth-order valence-corrected chi connectivity index (χ4v) is 3.58. The summed E-state index contributed by atoms with van der Waals surface area (Å²) >= 11 is 1.63. The zero-order valence-corrected chi connectivity index (χ0v) is 15.2. The van der Waals surface area contributed by atoms with Crippen LogP contribution in [-0.4, -0.2) is 19.2 Å². The molecule has 2 amide bonds. The molecule has 1 aromatic carbocycles. The van der Waals surface area contributed by atoms with Gasteiger partial charge in [-0.05, 0) is 54.8 Å². The number of hydrogen-bond donors (Lipinski definition) is 2. The van der Waals surface area contributed by atoms with Crippen LogP contribution in [0.15, 0.2) is 35.7 Å². The number of benzene rings is 1. The van der Waals surface area contributed by atoms with Gasteiger partial charge in [0.2, 0.25) is 0 Å². The van der Waals surface area contributed by atoms with E-state index in [1.165, 1.54) is 12.8 Å². The molecule has 1 fully saturated rings. The van der Waals surface area contributed by atoms with Gasteiger partial charge >= 0.3 is 6.03 Å². The van der Waals surface area contributed by atoms with Crippen molar-refractivity contribution in [2.24, 2.45) is 0 Å². The summed E-state index contributed by atoms with van der Waals surface area (Å²) in [6, 6.07) is 9.59. The number of carbonyl (C=O) groups excluding carboxylic acids is 1. The Morgan fingerprint density at radius 1 is 1.16 bits per heavy atom. The monoisotopic (exact) mass is 360 g/mol. The molecule has 1 aromatic heterocycles. The summed E-state index contributed by atoms with van der Waals surface area (Å²) in [4.78, 5) is 13.1. The van der Waals surface area contributed by atoms with E-state index >= 15 is 0 Å². The lowest BCUT2D eigenvalue weighted by molar-refractivity contribution is 0.200. The molecule has 1 heterocycles. The smallest absolute Gasteiger partial charge is 0.315 e. The maximum Gasteiger partial charge on any atom is 0.315 e. The van der Waals surface area contributed by atoms with E-state index < -0.39 is 0 Å². The summed E-state index contributed by atoms with van der Waals surface area (Å²) in [5.74, 6) is 1.49. The Labute approximate surface area is 152 Å². The Kier molecular flexibility index (Phi) is 6.17. The summed E-state index contributed by atoms with van der Waals surface area (Å²) in [5, 5.41) is 7.73. The number of methoxy groups -OCH3 is 1. The van der Waals surface area contributed by atoms with Crippen molar-refractivity contribution in [2.75, 3.05) is 7.11 Å². The molecule has 0 bridgehead atoms. The summed E-state index contributed by atoms with van der Waals surface area (Å²) in [6.07, 6.45) is 4.90. The molecule has 6 heteroatoms. The highest BCUT2D eigenvalue weighted by atomic mass is 32.1. The number of hydrogen-bond acceptors (Lipinski definition) is 4. The highest BCUT2D eigenvalue weighted by molar-refractivity contribution is 7.09. The van der Waals surface area contributed by atoms with E-state index in [1.807, 2.05) is 35.7 Å². The molecule has 0 radical (unpaired) electrons. The predicted molar refractivity (Wildman–Crippen MR) is 99.3 cm³/mol. The van der Waals surface area contributed by atoms with Crippen LogP contribution in [0.25, 0.3) is 0 Å². The van der Waals surface area contributed by atoms with Gasteiger partial charge in [-0.1, -0.05) is 12.1 Å². The lowest BCUT2D eigenvalue weighted by Gasteiger charge is -2.17. The molecule has 0 unspecified atom stereocenters. The number of nitrogens with one attached hydrogen (secondary N) is 2.